The van der Waals surface area contributed by atoms with Gasteiger partial charge in [-0.05, 0) is 24.8 Å². The predicted octanol–water partition coefficient (Wildman–Crippen LogP) is 1.66. The molecule has 1 saturated carbocycles. The minimum atomic E-state index is 0.534. The van der Waals surface area contributed by atoms with Gasteiger partial charge in [-0.2, -0.15) is 0 Å². The van der Waals surface area contributed by atoms with Gasteiger partial charge < -0.3 is 14.9 Å². The van der Waals surface area contributed by atoms with Crippen molar-refractivity contribution in [3.05, 3.63) is 23.7 Å². The number of hydrogen-bond donors (Lipinski definition) is 1. The van der Waals surface area contributed by atoms with Gasteiger partial charge >= 0.3 is 0 Å². The molecule has 0 saturated heterocycles. The normalized spacial score (nSPS) is 16.4. The molecule has 0 amide bonds. The lowest BCUT2D eigenvalue weighted by Gasteiger charge is -1.98. The lowest BCUT2D eigenvalue weighted by atomic mass is 10.3. The number of ether oxygens (including phenoxy) is 1. The van der Waals surface area contributed by atoms with Crippen LogP contribution in [0, 0.1) is 5.92 Å². The first-order chi connectivity index (χ1) is 6.38. The van der Waals surface area contributed by atoms with Crippen molar-refractivity contribution < 1.29 is 9.15 Å². The molecular weight excluding hydrogens is 166 g/mol. The van der Waals surface area contributed by atoms with Gasteiger partial charge in [-0.3, -0.25) is 0 Å². The second-order valence-corrected chi connectivity index (χ2v) is 3.58. The molecule has 0 aromatic carbocycles. The van der Waals surface area contributed by atoms with Gasteiger partial charge in [0.05, 0.1) is 6.26 Å². The monoisotopic (exact) mass is 181 g/mol. The van der Waals surface area contributed by atoms with Gasteiger partial charge in [0.1, 0.15) is 12.4 Å². The summed E-state index contributed by atoms with van der Waals surface area (Å²) in [6.45, 7) is 1.99. The van der Waals surface area contributed by atoms with E-state index in [0.717, 1.165) is 23.8 Å². The Balaban J connectivity index is 1.72. The van der Waals surface area contributed by atoms with Crippen LogP contribution < -0.4 is 5.73 Å². The first-order valence-corrected chi connectivity index (χ1v) is 4.72. The molecule has 3 nitrogen and oxygen atoms in total. The zero-order valence-corrected chi connectivity index (χ0v) is 7.66. The highest BCUT2D eigenvalue weighted by atomic mass is 16.5. The van der Waals surface area contributed by atoms with E-state index in [9.17, 15) is 0 Å². The molecular formula is C10H15NO2. The maximum absolute atomic E-state index is 5.47. The Kier molecular flexibility index (Phi) is 2.66. The van der Waals surface area contributed by atoms with Gasteiger partial charge in [0.25, 0.3) is 0 Å². The molecule has 72 valence electrons. The largest absolute Gasteiger partial charge is 0.467 e. The summed E-state index contributed by atoms with van der Waals surface area (Å²) in [5.74, 6) is 1.69. The highest BCUT2D eigenvalue weighted by molar-refractivity contribution is 5.11. The second-order valence-electron chi connectivity index (χ2n) is 3.58. The Labute approximate surface area is 77.9 Å². The molecule has 1 aliphatic rings. The van der Waals surface area contributed by atoms with Crippen LogP contribution in [0.1, 0.15) is 24.2 Å². The summed E-state index contributed by atoms with van der Waals surface area (Å²) >= 11 is 0. The molecule has 3 heteroatoms. The molecule has 2 rings (SSSR count). The molecule has 0 radical (unpaired) electrons. The molecule has 1 aliphatic carbocycles. The zero-order valence-electron chi connectivity index (χ0n) is 7.66. The van der Waals surface area contributed by atoms with Crippen molar-refractivity contribution in [3.63, 3.8) is 0 Å². The van der Waals surface area contributed by atoms with Crippen LogP contribution in [0.2, 0.25) is 0 Å². The molecule has 1 aromatic rings. The summed E-state index contributed by atoms with van der Waals surface area (Å²) in [6.07, 6.45) is 4.34. The summed E-state index contributed by atoms with van der Waals surface area (Å²) in [7, 11) is 0. The van der Waals surface area contributed by atoms with E-state index in [-0.39, 0.29) is 0 Å². The van der Waals surface area contributed by atoms with E-state index in [4.69, 9.17) is 14.9 Å². The minimum Gasteiger partial charge on any atom is -0.467 e. The Hall–Kier alpha value is -0.800. The second kappa shape index (κ2) is 3.94. The summed E-state index contributed by atoms with van der Waals surface area (Å²) in [5, 5.41) is 0. The minimum absolute atomic E-state index is 0.534. The third-order valence-corrected chi connectivity index (χ3v) is 2.24. The summed E-state index contributed by atoms with van der Waals surface area (Å²) < 4.78 is 10.7. The van der Waals surface area contributed by atoms with E-state index in [1.807, 2.05) is 6.07 Å². The first kappa shape index (κ1) is 8.78. The van der Waals surface area contributed by atoms with Crippen LogP contribution in [0.5, 0.6) is 0 Å². The molecule has 0 atom stereocenters. The third kappa shape index (κ3) is 2.57. The van der Waals surface area contributed by atoms with Crippen LogP contribution in [-0.4, -0.2) is 6.61 Å². The van der Waals surface area contributed by atoms with Gasteiger partial charge in [-0.1, -0.05) is 0 Å². The maximum Gasteiger partial charge on any atom is 0.129 e. The molecule has 0 bridgehead atoms. The number of furan rings is 1. The van der Waals surface area contributed by atoms with Gasteiger partial charge in [0, 0.05) is 18.7 Å². The van der Waals surface area contributed by atoms with Crippen molar-refractivity contribution >= 4 is 0 Å². The quantitative estimate of drug-likeness (QED) is 0.751. The molecule has 0 spiro atoms. The average Bonchev–Trinajstić information content (AvgIpc) is 2.84. The SMILES string of the molecule is NCc1coc(COCC2CC2)c1. The first-order valence-electron chi connectivity index (χ1n) is 4.72. The van der Waals surface area contributed by atoms with Crippen molar-refractivity contribution in [1.29, 1.82) is 0 Å². The Morgan fingerprint density at radius 3 is 3.00 bits per heavy atom. The zero-order chi connectivity index (χ0) is 9.10. The fraction of sp³-hybridized carbons (Fsp3) is 0.600. The Morgan fingerprint density at radius 2 is 2.38 bits per heavy atom. The van der Waals surface area contributed by atoms with Crippen molar-refractivity contribution in [3.8, 4) is 0 Å². The van der Waals surface area contributed by atoms with Gasteiger partial charge in [0.2, 0.25) is 0 Å². The number of rotatable bonds is 5. The van der Waals surface area contributed by atoms with E-state index < -0.39 is 0 Å². The average molecular weight is 181 g/mol. The van der Waals surface area contributed by atoms with Crippen molar-refractivity contribution in [2.45, 2.75) is 26.0 Å². The Bertz CT molecular complexity index is 266. The third-order valence-electron chi connectivity index (χ3n) is 2.24. The van der Waals surface area contributed by atoms with Crippen molar-refractivity contribution in [2.24, 2.45) is 11.7 Å². The Morgan fingerprint density at radius 1 is 1.54 bits per heavy atom. The van der Waals surface area contributed by atoms with E-state index >= 15 is 0 Å². The smallest absolute Gasteiger partial charge is 0.129 e. The molecule has 0 unspecified atom stereocenters. The van der Waals surface area contributed by atoms with Crippen LogP contribution in [0.25, 0.3) is 0 Å². The van der Waals surface area contributed by atoms with Crippen LogP contribution >= 0.6 is 0 Å². The summed E-state index contributed by atoms with van der Waals surface area (Å²) in [5.41, 5.74) is 6.48. The van der Waals surface area contributed by atoms with Crippen LogP contribution in [-0.2, 0) is 17.9 Å². The van der Waals surface area contributed by atoms with Crippen LogP contribution in [0.15, 0.2) is 16.7 Å². The molecule has 13 heavy (non-hydrogen) atoms. The highest BCUT2D eigenvalue weighted by Gasteiger charge is 2.21. The molecule has 2 N–H and O–H groups in total. The predicted molar refractivity (Wildman–Crippen MR) is 49.0 cm³/mol. The van der Waals surface area contributed by atoms with Gasteiger partial charge in [-0.25, -0.2) is 0 Å². The lowest BCUT2D eigenvalue weighted by molar-refractivity contribution is 0.0973. The fourth-order valence-electron chi connectivity index (χ4n) is 1.22. The lowest BCUT2D eigenvalue weighted by Crippen LogP contribution is -1.96. The van der Waals surface area contributed by atoms with E-state index in [1.54, 1.807) is 6.26 Å². The van der Waals surface area contributed by atoms with Crippen molar-refractivity contribution in [2.75, 3.05) is 6.61 Å². The summed E-state index contributed by atoms with van der Waals surface area (Å²) in [6, 6.07) is 1.95. The number of nitrogens with two attached hydrogens (primary N) is 1. The maximum atomic E-state index is 5.47. The standard InChI is InChI=1S/C10H15NO2/c11-4-9-3-10(13-6-9)7-12-5-8-1-2-8/h3,6,8H,1-2,4-5,7,11H2. The number of hydrogen-bond acceptors (Lipinski definition) is 3. The fourth-order valence-corrected chi connectivity index (χ4v) is 1.22. The molecule has 1 heterocycles. The van der Waals surface area contributed by atoms with E-state index in [0.29, 0.717) is 13.2 Å². The highest BCUT2D eigenvalue weighted by Crippen LogP contribution is 2.29. The van der Waals surface area contributed by atoms with Gasteiger partial charge in [0.15, 0.2) is 0 Å². The molecule has 0 aliphatic heterocycles. The topological polar surface area (TPSA) is 48.4 Å². The van der Waals surface area contributed by atoms with E-state index in [1.165, 1.54) is 12.8 Å². The molecule has 1 fully saturated rings. The molecule has 1 aromatic heterocycles. The van der Waals surface area contributed by atoms with Gasteiger partial charge in [-0.15, -0.1) is 0 Å². The van der Waals surface area contributed by atoms with Crippen molar-refractivity contribution in [1.82, 2.24) is 0 Å². The van der Waals surface area contributed by atoms with Crippen LogP contribution in [0.3, 0.4) is 0 Å². The van der Waals surface area contributed by atoms with Crippen LogP contribution in [0.4, 0.5) is 0 Å². The van der Waals surface area contributed by atoms with E-state index in [2.05, 4.69) is 0 Å². The summed E-state index contributed by atoms with van der Waals surface area (Å²) in [4.78, 5) is 0.